The molecule has 3 amide bonds. The summed E-state index contributed by atoms with van der Waals surface area (Å²) in [5.41, 5.74) is 0.552. The third-order valence-electron chi connectivity index (χ3n) is 10.1. The van der Waals surface area contributed by atoms with Gasteiger partial charge in [-0.3, -0.25) is 14.5 Å². The number of benzene rings is 1. The average molecular weight is 567 g/mol. The molecule has 224 valence electrons. The van der Waals surface area contributed by atoms with E-state index in [1.807, 2.05) is 31.7 Å². The molecule has 41 heavy (non-hydrogen) atoms. The minimum absolute atomic E-state index is 0.0317. The van der Waals surface area contributed by atoms with Gasteiger partial charge in [-0.15, -0.1) is 0 Å². The molecule has 0 radical (unpaired) electrons. The highest BCUT2D eigenvalue weighted by atomic mass is 16.6. The van der Waals surface area contributed by atoms with Crippen LogP contribution in [0.1, 0.15) is 83.6 Å². The lowest BCUT2D eigenvalue weighted by Crippen LogP contribution is -2.60. The first kappa shape index (κ1) is 28.5. The largest absolute Gasteiger partial charge is 0.444 e. The Hall–Kier alpha value is -2.65. The van der Waals surface area contributed by atoms with Crippen molar-refractivity contribution in [3.05, 3.63) is 35.9 Å². The maximum atomic E-state index is 14.4. The van der Waals surface area contributed by atoms with Crippen molar-refractivity contribution in [3.63, 3.8) is 0 Å². The van der Waals surface area contributed by atoms with Gasteiger partial charge in [0.15, 0.2) is 0 Å². The summed E-state index contributed by atoms with van der Waals surface area (Å²) in [5.74, 6) is 0.270. The van der Waals surface area contributed by atoms with Crippen LogP contribution in [0.3, 0.4) is 0 Å². The number of alkyl carbamates (subject to hydrolysis) is 1. The van der Waals surface area contributed by atoms with Gasteiger partial charge in [-0.05, 0) is 84.7 Å². The number of carbonyl (C=O) groups is 3. The van der Waals surface area contributed by atoms with E-state index in [9.17, 15) is 14.4 Å². The minimum Gasteiger partial charge on any atom is -0.444 e. The Morgan fingerprint density at radius 1 is 1.05 bits per heavy atom. The van der Waals surface area contributed by atoms with E-state index in [1.165, 1.54) is 5.56 Å². The van der Waals surface area contributed by atoms with E-state index in [4.69, 9.17) is 9.47 Å². The first-order valence-corrected chi connectivity index (χ1v) is 15.5. The van der Waals surface area contributed by atoms with Crippen molar-refractivity contribution in [1.82, 2.24) is 20.0 Å². The Morgan fingerprint density at radius 2 is 1.78 bits per heavy atom. The summed E-state index contributed by atoms with van der Waals surface area (Å²) < 4.78 is 11.0. The molecule has 1 saturated carbocycles. The fraction of sp³-hybridized carbons (Fsp3) is 0.719. The predicted octanol–water partition coefficient (Wildman–Crippen LogP) is 3.67. The Kier molecular flexibility index (Phi) is 7.55. The third kappa shape index (κ3) is 5.72. The van der Waals surface area contributed by atoms with Crippen molar-refractivity contribution in [2.45, 2.75) is 119 Å². The molecule has 1 aromatic rings. The second kappa shape index (κ2) is 10.9. The second-order valence-electron chi connectivity index (χ2n) is 14.0. The zero-order valence-corrected chi connectivity index (χ0v) is 25.0. The monoisotopic (exact) mass is 566 g/mol. The molecule has 4 aliphatic heterocycles. The maximum Gasteiger partial charge on any atom is 0.408 e. The molecule has 1 aromatic carbocycles. The smallest absolute Gasteiger partial charge is 0.408 e. The molecule has 1 spiro atoms. The van der Waals surface area contributed by atoms with Crippen molar-refractivity contribution in [3.8, 4) is 0 Å². The van der Waals surface area contributed by atoms with Gasteiger partial charge in [0.1, 0.15) is 17.7 Å². The van der Waals surface area contributed by atoms with Crippen molar-refractivity contribution in [1.29, 1.82) is 0 Å². The molecule has 5 atom stereocenters. The molecule has 5 fully saturated rings. The van der Waals surface area contributed by atoms with Gasteiger partial charge < -0.3 is 24.6 Å². The first-order valence-electron chi connectivity index (χ1n) is 15.5. The molecular weight excluding hydrogens is 520 g/mol. The highest BCUT2D eigenvalue weighted by Crippen LogP contribution is 2.54. The molecule has 4 heterocycles. The number of nitrogens with zero attached hydrogens (tertiary/aromatic N) is 3. The molecule has 1 aliphatic carbocycles. The maximum absolute atomic E-state index is 14.4. The van der Waals surface area contributed by atoms with E-state index in [0.717, 1.165) is 51.7 Å². The van der Waals surface area contributed by atoms with Crippen LogP contribution in [0, 0.1) is 0 Å². The number of carbonyl (C=O) groups excluding carboxylic acids is 3. The quantitative estimate of drug-likeness (QED) is 0.585. The van der Waals surface area contributed by atoms with Gasteiger partial charge in [0.05, 0.1) is 19.3 Å². The molecule has 0 unspecified atom stereocenters. The van der Waals surface area contributed by atoms with Gasteiger partial charge in [0, 0.05) is 30.1 Å². The second-order valence-corrected chi connectivity index (χ2v) is 14.0. The normalized spacial score (nSPS) is 31.4. The van der Waals surface area contributed by atoms with E-state index in [1.54, 1.807) is 0 Å². The standard InChI is InChI=1S/C32H46N4O5/c1-31(2,3)41-30(39)33-26-12-10-23(34(4)25-19-40-20-25)16-24-11-13-27(36(24)28(26)37)29(38)35-18-22(17-32(35)14-15-32)21-8-6-5-7-9-21/h5-9,22-27H,10-20H2,1-4H3,(H,33,39)/t22-,23-,24+,26-,27-/m0/s1. The van der Waals surface area contributed by atoms with Gasteiger partial charge in [-0.1, -0.05) is 30.3 Å². The van der Waals surface area contributed by atoms with Crippen molar-refractivity contribution in [2.24, 2.45) is 0 Å². The highest BCUT2D eigenvalue weighted by Gasteiger charge is 2.58. The number of rotatable bonds is 5. The number of fused-ring (bicyclic) bond motifs is 1. The Balaban J connectivity index is 1.24. The van der Waals surface area contributed by atoms with Crippen LogP contribution >= 0.6 is 0 Å². The molecule has 4 saturated heterocycles. The predicted molar refractivity (Wildman–Crippen MR) is 154 cm³/mol. The Bertz CT molecular complexity index is 1140. The molecule has 9 heteroatoms. The van der Waals surface area contributed by atoms with Crippen LogP contribution in [-0.2, 0) is 19.1 Å². The number of likely N-dealkylation sites (N-methyl/N-ethyl adjacent to an activating group) is 1. The number of hydrogen-bond acceptors (Lipinski definition) is 6. The topological polar surface area (TPSA) is 91.4 Å². The zero-order chi connectivity index (χ0) is 28.9. The SMILES string of the molecule is CN(C1COC1)[C@H]1CC[C@H](NC(=O)OC(C)(C)C)C(=O)N2[C@H](CC[C@H]2C(=O)N2C[C@@H](c3ccccc3)CC23CC3)C1. The lowest BCUT2D eigenvalue weighted by atomic mass is 9.92. The van der Waals surface area contributed by atoms with Gasteiger partial charge in [-0.25, -0.2) is 4.79 Å². The van der Waals surface area contributed by atoms with Crippen LogP contribution in [-0.4, -0.2) is 101 Å². The summed E-state index contributed by atoms with van der Waals surface area (Å²) in [6.45, 7) is 7.60. The summed E-state index contributed by atoms with van der Waals surface area (Å²) in [6.07, 6.45) is 6.07. The van der Waals surface area contributed by atoms with E-state index >= 15 is 0 Å². The van der Waals surface area contributed by atoms with Crippen LogP contribution in [0.4, 0.5) is 4.79 Å². The molecular formula is C32H46N4O5. The first-order chi connectivity index (χ1) is 19.5. The molecule has 5 aliphatic rings. The van der Waals surface area contributed by atoms with Crippen LogP contribution in [0.25, 0.3) is 0 Å². The van der Waals surface area contributed by atoms with Crippen molar-refractivity contribution < 1.29 is 23.9 Å². The Morgan fingerprint density at radius 3 is 2.41 bits per heavy atom. The molecule has 0 bridgehead atoms. The van der Waals surface area contributed by atoms with Crippen LogP contribution < -0.4 is 5.32 Å². The van der Waals surface area contributed by atoms with Gasteiger partial charge in [0.2, 0.25) is 11.8 Å². The third-order valence-corrected chi connectivity index (χ3v) is 10.1. The van der Waals surface area contributed by atoms with Crippen molar-refractivity contribution in [2.75, 3.05) is 26.8 Å². The van der Waals surface area contributed by atoms with E-state index in [2.05, 4.69) is 46.4 Å². The summed E-state index contributed by atoms with van der Waals surface area (Å²) in [6, 6.07) is 9.87. The lowest BCUT2D eigenvalue weighted by molar-refractivity contribution is -0.149. The fourth-order valence-corrected chi connectivity index (χ4v) is 7.61. The summed E-state index contributed by atoms with van der Waals surface area (Å²) in [7, 11) is 2.14. The summed E-state index contributed by atoms with van der Waals surface area (Å²) in [4.78, 5) is 47.8. The Labute approximate surface area is 243 Å². The van der Waals surface area contributed by atoms with E-state index in [-0.39, 0.29) is 29.4 Å². The minimum atomic E-state index is -0.722. The number of hydrogen-bond donors (Lipinski definition) is 1. The van der Waals surface area contributed by atoms with Gasteiger partial charge >= 0.3 is 6.09 Å². The van der Waals surface area contributed by atoms with Crippen LogP contribution in [0.15, 0.2) is 30.3 Å². The van der Waals surface area contributed by atoms with Gasteiger partial charge in [-0.2, -0.15) is 0 Å². The number of ether oxygens (including phenoxy) is 2. The molecule has 1 N–H and O–H groups in total. The molecule has 9 nitrogen and oxygen atoms in total. The zero-order valence-electron chi connectivity index (χ0n) is 25.0. The summed E-state index contributed by atoms with van der Waals surface area (Å²) >= 11 is 0. The molecule has 6 rings (SSSR count). The van der Waals surface area contributed by atoms with Crippen LogP contribution in [0.2, 0.25) is 0 Å². The lowest BCUT2D eigenvalue weighted by Gasteiger charge is -2.44. The highest BCUT2D eigenvalue weighted by molar-refractivity contribution is 5.93. The van der Waals surface area contributed by atoms with E-state index < -0.39 is 23.8 Å². The number of amides is 3. The number of nitrogens with one attached hydrogen (secondary N) is 1. The van der Waals surface area contributed by atoms with E-state index in [0.29, 0.717) is 31.3 Å². The van der Waals surface area contributed by atoms with Gasteiger partial charge in [0.25, 0.3) is 0 Å². The van der Waals surface area contributed by atoms with Crippen molar-refractivity contribution >= 4 is 17.9 Å². The summed E-state index contributed by atoms with van der Waals surface area (Å²) in [5, 5.41) is 2.89. The molecule has 0 aromatic heterocycles. The van der Waals surface area contributed by atoms with Crippen LogP contribution in [0.5, 0.6) is 0 Å². The average Bonchev–Trinajstić information content (AvgIpc) is 3.37. The fourth-order valence-electron chi connectivity index (χ4n) is 7.61. The number of likely N-dealkylation sites (tertiary alicyclic amines) is 1.